The van der Waals surface area contributed by atoms with Crippen molar-refractivity contribution in [3.63, 3.8) is 0 Å². The number of hydrogen-bond acceptors (Lipinski definition) is 3. The molecule has 0 bridgehead atoms. The predicted molar refractivity (Wildman–Crippen MR) is 140 cm³/mol. The van der Waals surface area contributed by atoms with Crippen LogP contribution in [0.25, 0.3) is 0 Å². The Morgan fingerprint density at radius 2 is 1.94 bits per heavy atom. The van der Waals surface area contributed by atoms with Gasteiger partial charge in [0.25, 0.3) is 0 Å². The van der Waals surface area contributed by atoms with Gasteiger partial charge in [-0.25, -0.2) is 4.98 Å². The van der Waals surface area contributed by atoms with E-state index in [1.807, 2.05) is 6.20 Å². The molecule has 1 fully saturated rings. The van der Waals surface area contributed by atoms with Crippen LogP contribution in [0.2, 0.25) is 0 Å². The van der Waals surface area contributed by atoms with Crippen LogP contribution in [0, 0.1) is 5.92 Å². The van der Waals surface area contributed by atoms with E-state index in [9.17, 15) is 0 Å². The Bertz CT molecular complexity index is 752. The average Bonchev–Trinajstić information content (AvgIpc) is 3.20. The molecule has 6 nitrogen and oxygen atoms in total. The third-order valence-corrected chi connectivity index (χ3v) is 5.76. The van der Waals surface area contributed by atoms with Gasteiger partial charge in [0, 0.05) is 45.0 Å². The maximum Gasteiger partial charge on any atom is 0.191 e. The van der Waals surface area contributed by atoms with Crippen molar-refractivity contribution < 1.29 is 0 Å². The molecular weight excluding hydrogens is 499 g/mol. The van der Waals surface area contributed by atoms with E-state index in [4.69, 9.17) is 4.99 Å². The number of piperidine rings is 1. The Labute approximate surface area is 204 Å². The Morgan fingerprint density at radius 3 is 2.68 bits per heavy atom. The molecular formula is C24H39IN6. The molecule has 1 aromatic carbocycles. The van der Waals surface area contributed by atoms with Gasteiger partial charge in [-0.3, -0.25) is 4.99 Å². The van der Waals surface area contributed by atoms with Gasteiger partial charge in [-0.05, 0) is 57.3 Å². The van der Waals surface area contributed by atoms with Crippen molar-refractivity contribution in [2.75, 3.05) is 39.3 Å². The smallest absolute Gasteiger partial charge is 0.191 e. The third kappa shape index (κ3) is 9.19. The van der Waals surface area contributed by atoms with Crippen LogP contribution >= 0.6 is 24.0 Å². The molecule has 0 saturated carbocycles. The molecule has 0 atom stereocenters. The monoisotopic (exact) mass is 538 g/mol. The van der Waals surface area contributed by atoms with Gasteiger partial charge in [0.1, 0.15) is 5.82 Å². The Hall–Kier alpha value is -1.61. The van der Waals surface area contributed by atoms with Crippen molar-refractivity contribution in [2.24, 2.45) is 10.9 Å². The van der Waals surface area contributed by atoms with E-state index >= 15 is 0 Å². The van der Waals surface area contributed by atoms with Gasteiger partial charge in [0.05, 0.1) is 0 Å². The zero-order valence-electron chi connectivity index (χ0n) is 19.1. The summed E-state index contributed by atoms with van der Waals surface area (Å²) in [6.07, 6.45) is 8.62. The van der Waals surface area contributed by atoms with Crippen LogP contribution in [-0.4, -0.2) is 59.7 Å². The van der Waals surface area contributed by atoms with Gasteiger partial charge in [-0.15, -0.1) is 24.0 Å². The van der Waals surface area contributed by atoms with Crippen LogP contribution in [0.5, 0.6) is 0 Å². The summed E-state index contributed by atoms with van der Waals surface area (Å²) in [6.45, 7) is 11.6. The van der Waals surface area contributed by atoms with E-state index in [1.54, 1.807) is 0 Å². The van der Waals surface area contributed by atoms with Crippen molar-refractivity contribution in [3.8, 4) is 0 Å². The normalized spacial score (nSPS) is 15.5. The van der Waals surface area contributed by atoms with Crippen molar-refractivity contribution in [2.45, 2.75) is 46.1 Å². The van der Waals surface area contributed by atoms with Gasteiger partial charge in [0.2, 0.25) is 0 Å². The van der Waals surface area contributed by atoms with Crippen LogP contribution in [0.3, 0.4) is 0 Å². The van der Waals surface area contributed by atoms with Gasteiger partial charge >= 0.3 is 0 Å². The van der Waals surface area contributed by atoms with Crippen molar-refractivity contribution >= 4 is 29.9 Å². The molecule has 1 aromatic heterocycles. The van der Waals surface area contributed by atoms with Crippen molar-refractivity contribution in [1.29, 1.82) is 0 Å². The first-order valence-corrected chi connectivity index (χ1v) is 11.5. The number of benzene rings is 1. The molecule has 3 rings (SSSR count). The molecule has 31 heavy (non-hydrogen) atoms. The number of aromatic nitrogens is 2. The third-order valence-electron chi connectivity index (χ3n) is 5.76. The molecule has 2 N–H and O–H groups in total. The number of nitrogens with zero attached hydrogens (tertiary/aromatic N) is 4. The van der Waals surface area contributed by atoms with E-state index in [0.717, 1.165) is 63.3 Å². The van der Waals surface area contributed by atoms with E-state index < -0.39 is 0 Å². The molecule has 2 aromatic rings. The van der Waals surface area contributed by atoms with E-state index in [-0.39, 0.29) is 24.0 Å². The van der Waals surface area contributed by atoms with Crippen LogP contribution in [-0.2, 0) is 13.0 Å². The standard InChI is InChI=1S/C24H38N6.HI/c1-3-25-24(27-13-7-16-29-17-11-21(2)12-18-29)28-14-10-23-26-15-19-30(23)20-22-8-5-4-6-9-22;/h4-6,8-9,15,19,21H,3,7,10-14,16-18,20H2,1-2H3,(H2,25,27,28);1H. The zero-order chi connectivity index (χ0) is 21.0. The number of rotatable bonds is 10. The number of imidazole rings is 1. The first kappa shape index (κ1) is 25.6. The van der Waals surface area contributed by atoms with Crippen LogP contribution in [0.1, 0.15) is 44.5 Å². The summed E-state index contributed by atoms with van der Waals surface area (Å²) in [6, 6.07) is 10.5. The highest BCUT2D eigenvalue weighted by Gasteiger charge is 2.14. The number of likely N-dealkylation sites (tertiary alicyclic amines) is 1. The largest absolute Gasteiger partial charge is 0.357 e. The van der Waals surface area contributed by atoms with Gasteiger partial charge in [-0.2, -0.15) is 0 Å². The molecule has 2 heterocycles. The molecule has 7 heteroatoms. The topological polar surface area (TPSA) is 57.5 Å². The minimum Gasteiger partial charge on any atom is -0.357 e. The second-order valence-corrected chi connectivity index (χ2v) is 8.27. The highest BCUT2D eigenvalue weighted by Crippen LogP contribution is 2.15. The summed E-state index contributed by atoms with van der Waals surface area (Å²) in [4.78, 5) is 11.9. The van der Waals surface area contributed by atoms with Gasteiger partial charge < -0.3 is 20.1 Å². The molecule has 0 unspecified atom stereocenters. The maximum absolute atomic E-state index is 4.76. The van der Waals surface area contributed by atoms with E-state index in [0.29, 0.717) is 0 Å². The minimum absolute atomic E-state index is 0. The summed E-state index contributed by atoms with van der Waals surface area (Å²) in [5.41, 5.74) is 1.29. The molecule has 0 amide bonds. The van der Waals surface area contributed by atoms with Crippen molar-refractivity contribution in [3.05, 3.63) is 54.1 Å². The molecule has 0 spiro atoms. The van der Waals surface area contributed by atoms with Crippen LogP contribution < -0.4 is 10.6 Å². The summed E-state index contributed by atoms with van der Waals surface area (Å²) in [7, 11) is 0. The Kier molecular flexibility index (Phi) is 12.0. The first-order chi connectivity index (χ1) is 14.7. The lowest BCUT2D eigenvalue weighted by Crippen LogP contribution is -2.39. The zero-order valence-corrected chi connectivity index (χ0v) is 21.4. The average molecular weight is 539 g/mol. The van der Waals surface area contributed by atoms with E-state index in [1.165, 1.54) is 31.5 Å². The highest BCUT2D eigenvalue weighted by atomic mass is 127. The van der Waals surface area contributed by atoms with Crippen LogP contribution in [0.15, 0.2) is 47.7 Å². The SMILES string of the molecule is CCNC(=NCCCN1CCC(C)CC1)NCCc1nccn1Cc1ccccc1.I. The fraction of sp³-hybridized carbons (Fsp3) is 0.583. The van der Waals surface area contributed by atoms with Crippen molar-refractivity contribution in [1.82, 2.24) is 25.1 Å². The molecule has 0 radical (unpaired) electrons. The number of guanidine groups is 1. The summed E-state index contributed by atoms with van der Waals surface area (Å²) < 4.78 is 2.22. The molecule has 1 aliphatic rings. The van der Waals surface area contributed by atoms with E-state index in [2.05, 4.69) is 75.5 Å². The quantitative estimate of drug-likeness (QED) is 0.209. The lowest BCUT2D eigenvalue weighted by molar-refractivity contribution is 0.192. The lowest BCUT2D eigenvalue weighted by atomic mass is 9.99. The number of hydrogen-bond donors (Lipinski definition) is 2. The summed E-state index contributed by atoms with van der Waals surface area (Å²) in [5, 5.41) is 6.83. The summed E-state index contributed by atoms with van der Waals surface area (Å²) >= 11 is 0. The maximum atomic E-state index is 4.76. The molecule has 0 aliphatic carbocycles. The summed E-state index contributed by atoms with van der Waals surface area (Å²) in [5.74, 6) is 2.90. The van der Waals surface area contributed by atoms with Gasteiger partial charge in [0.15, 0.2) is 5.96 Å². The number of halogens is 1. The molecule has 1 saturated heterocycles. The first-order valence-electron chi connectivity index (χ1n) is 11.5. The fourth-order valence-corrected chi connectivity index (χ4v) is 3.90. The second-order valence-electron chi connectivity index (χ2n) is 8.27. The Balaban J connectivity index is 0.00000341. The lowest BCUT2D eigenvalue weighted by Gasteiger charge is -2.29. The minimum atomic E-state index is 0. The highest BCUT2D eigenvalue weighted by molar-refractivity contribution is 14.0. The predicted octanol–water partition coefficient (Wildman–Crippen LogP) is 3.77. The Morgan fingerprint density at radius 1 is 1.16 bits per heavy atom. The van der Waals surface area contributed by atoms with Crippen LogP contribution in [0.4, 0.5) is 0 Å². The van der Waals surface area contributed by atoms with Gasteiger partial charge in [-0.1, -0.05) is 37.3 Å². The molecule has 172 valence electrons. The number of aliphatic imine (C=N–C) groups is 1. The second kappa shape index (κ2) is 14.5. The number of nitrogens with one attached hydrogen (secondary N) is 2. The fourth-order valence-electron chi connectivity index (χ4n) is 3.90. The molecule has 1 aliphatic heterocycles.